The Morgan fingerprint density at radius 2 is 2.06 bits per heavy atom. The van der Waals surface area contributed by atoms with E-state index in [1.807, 2.05) is 0 Å². The van der Waals surface area contributed by atoms with Gasteiger partial charge in [-0.05, 0) is 50.4 Å². The van der Waals surface area contributed by atoms with Crippen LogP contribution in [0.1, 0.15) is 65.2 Å². The summed E-state index contributed by atoms with van der Waals surface area (Å²) in [4.78, 5) is 0. The van der Waals surface area contributed by atoms with Crippen molar-refractivity contribution in [3.8, 4) is 0 Å². The molecule has 2 N–H and O–H groups in total. The summed E-state index contributed by atoms with van der Waals surface area (Å²) < 4.78 is 5.68. The van der Waals surface area contributed by atoms with E-state index in [1.165, 1.54) is 51.4 Å². The Balaban J connectivity index is 1.75. The average Bonchev–Trinajstić information content (AvgIpc) is 2.79. The van der Waals surface area contributed by atoms with Crippen LogP contribution in [0.25, 0.3) is 0 Å². The first-order valence-corrected chi connectivity index (χ1v) is 7.52. The van der Waals surface area contributed by atoms with Gasteiger partial charge in [0.05, 0.1) is 6.10 Å². The molecule has 0 aromatic carbocycles. The Bertz CT molecular complexity index is 237. The SMILES string of the molecule is CC1CCCC(N)(CCCC2CCCO2)C1C. The third kappa shape index (κ3) is 3.23. The molecule has 4 unspecified atom stereocenters. The number of hydrogen-bond acceptors (Lipinski definition) is 2. The molecular weight excluding hydrogens is 210 g/mol. The van der Waals surface area contributed by atoms with Gasteiger partial charge in [0.1, 0.15) is 0 Å². The lowest BCUT2D eigenvalue weighted by Crippen LogP contribution is -2.50. The summed E-state index contributed by atoms with van der Waals surface area (Å²) in [5.41, 5.74) is 6.74. The molecule has 2 heteroatoms. The zero-order valence-corrected chi connectivity index (χ0v) is 11.6. The first-order chi connectivity index (χ1) is 8.12. The second-order valence-corrected chi connectivity index (χ2v) is 6.42. The molecular formula is C15H29NO. The highest BCUT2D eigenvalue weighted by molar-refractivity contribution is 4.94. The van der Waals surface area contributed by atoms with Crippen molar-refractivity contribution in [2.75, 3.05) is 6.61 Å². The molecule has 0 amide bonds. The third-order valence-electron chi connectivity index (χ3n) is 5.25. The van der Waals surface area contributed by atoms with Crippen molar-refractivity contribution in [3.63, 3.8) is 0 Å². The van der Waals surface area contributed by atoms with Crippen LogP contribution in [0.3, 0.4) is 0 Å². The van der Waals surface area contributed by atoms with Crippen LogP contribution < -0.4 is 5.73 Å². The predicted molar refractivity (Wildman–Crippen MR) is 71.9 cm³/mol. The van der Waals surface area contributed by atoms with Gasteiger partial charge >= 0.3 is 0 Å². The maximum atomic E-state index is 6.64. The van der Waals surface area contributed by atoms with E-state index in [0.717, 1.165) is 12.5 Å². The number of ether oxygens (including phenoxy) is 1. The second-order valence-electron chi connectivity index (χ2n) is 6.42. The molecule has 2 nitrogen and oxygen atoms in total. The average molecular weight is 239 g/mol. The number of rotatable bonds is 4. The van der Waals surface area contributed by atoms with E-state index in [9.17, 15) is 0 Å². The summed E-state index contributed by atoms with van der Waals surface area (Å²) in [5, 5.41) is 0. The Morgan fingerprint density at radius 1 is 1.24 bits per heavy atom. The molecule has 0 aromatic rings. The van der Waals surface area contributed by atoms with Crippen LogP contribution in [0.2, 0.25) is 0 Å². The summed E-state index contributed by atoms with van der Waals surface area (Å²) >= 11 is 0. The number of nitrogens with two attached hydrogens (primary N) is 1. The van der Waals surface area contributed by atoms with Crippen molar-refractivity contribution < 1.29 is 4.74 Å². The van der Waals surface area contributed by atoms with E-state index in [4.69, 9.17) is 10.5 Å². The van der Waals surface area contributed by atoms with Gasteiger partial charge in [-0.25, -0.2) is 0 Å². The molecule has 4 atom stereocenters. The lowest BCUT2D eigenvalue weighted by Gasteiger charge is -2.43. The molecule has 100 valence electrons. The molecule has 1 aliphatic carbocycles. The molecule has 2 fully saturated rings. The standard InChI is InChI=1S/C15H29NO/c1-12-6-3-9-15(16,13(12)2)10-4-7-14-8-5-11-17-14/h12-14H,3-11,16H2,1-2H3. The Hall–Kier alpha value is -0.0800. The van der Waals surface area contributed by atoms with Gasteiger partial charge in [-0.1, -0.05) is 26.7 Å². The molecule has 1 aliphatic heterocycles. The van der Waals surface area contributed by atoms with Gasteiger partial charge in [-0.3, -0.25) is 0 Å². The fourth-order valence-corrected chi connectivity index (χ4v) is 3.68. The molecule has 1 saturated carbocycles. The monoisotopic (exact) mass is 239 g/mol. The maximum Gasteiger partial charge on any atom is 0.0576 e. The van der Waals surface area contributed by atoms with Crippen molar-refractivity contribution in [2.45, 2.75) is 76.9 Å². The van der Waals surface area contributed by atoms with Crippen molar-refractivity contribution in [2.24, 2.45) is 17.6 Å². The maximum absolute atomic E-state index is 6.64. The molecule has 0 spiro atoms. The van der Waals surface area contributed by atoms with Crippen molar-refractivity contribution in [1.29, 1.82) is 0 Å². The van der Waals surface area contributed by atoms with E-state index in [1.54, 1.807) is 0 Å². The third-order valence-corrected chi connectivity index (χ3v) is 5.25. The molecule has 0 bridgehead atoms. The fourth-order valence-electron chi connectivity index (χ4n) is 3.68. The van der Waals surface area contributed by atoms with Gasteiger partial charge in [0.2, 0.25) is 0 Å². The van der Waals surface area contributed by atoms with Crippen molar-refractivity contribution in [3.05, 3.63) is 0 Å². The Kier molecular flexibility index (Phi) is 4.48. The predicted octanol–water partition coefficient (Wildman–Crippen LogP) is 3.49. The van der Waals surface area contributed by atoms with Crippen LogP contribution in [0, 0.1) is 11.8 Å². The molecule has 2 rings (SSSR count). The van der Waals surface area contributed by atoms with Crippen LogP contribution in [0.5, 0.6) is 0 Å². The molecule has 0 aromatic heterocycles. The first-order valence-electron chi connectivity index (χ1n) is 7.52. The first kappa shape index (κ1) is 13.4. The van der Waals surface area contributed by atoms with Gasteiger partial charge in [0, 0.05) is 12.1 Å². The van der Waals surface area contributed by atoms with Gasteiger partial charge in [-0.2, -0.15) is 0 Å². The molecule has 17 heavy (non-hydrogen) atoms. The van der Waals surface area contributed by atoms with Crippen LogP contribution in [0.4, 0.5) is 0 Å². The van der Waals surface area contributed by atoms with E-state index in [-0.39, 0.29) is 5.54 Å². The lowest BCUT2D eigenvalue weighted by molar-refractivity contribution is 0.0904. The highest BCUT2D eigenvalue weighted by atomic mass is 16.5. The minimum Gasteiger partial charge on any atom is -0.378 e. The van der Waals surface area contributed by atoms with E-state index < -0.39 is 0 Å². The largest absolute Gasteiger partial charge is 0.378 e. The van der Waals surface area contributed by atoms with E-state index in [0.29, 0.717) is 12.0 Å². The van der Waals surface area contributed by atoms with Gasteiger partial charge in [0.15, 0.2) is 0 Å². The normalized spacial score (nSPS) is 42.9. The van der Waals surface area contributed by atoms with Crippen LogP contribution >= 0.6 is 0 Å². The van der Waals surface area contributed by atoms with Crippen LogP contribution in [-0.2, 0) is 4.74 Å². The topological polar surface area (TPSA) is 35.2 Å². The van der Waals surface area contributed by atoms with Crippen molar-refractivity contribution in [1.82, 2.24) is 0 Å². The zero-order valence-electron chi connectivity index (χ0n) is 11.6. The highest BCUT2D eigenvalue weighted by Gasteiger charge is 2.37. The summed E-state index contributed by atoms with van der Waals surface area (Å²) in [6.07, 6.45) is 10.6. The molecule has 0 radical (unpaired) electrons. The Labute approximate surface area is 106 Å². The summed E-state index contributed by atoms with van der Waals surface area (Å²) in [6, 6.07) is 0. The molecule has 2 aliphatic rings. The Morgan fingerprint density at radius 3 is 2.76 bits per heavy atom. The molecule has 1 saturated heterocycles. The smallest absolute Gasteiger partial charge is 0.0576 e. The van der Waals surface area contributed by atoms with Crippen molar-refractivity contribution >= 4 is 0 Å². The van der Waals surface area contributed by atoms with Gasteiger partial charge < -0.3 is 10.5 Å². The van der Waals surface area contributed by atoms with E-state index in [2.05, 4.69) is 13.8 Å². The fraction of sp³-hybridized carbons (Fsp3) is 1.00. The number of hydrogen-bond donors (Lipinski definition) is 1. The summed E-state index contributed by atoms with van der Waals surface area (Å²) in [5.74, 6) is 1.48. The minimum atomic E-state index is 0.107. The summed E-state index contributed by atoms with van der Waals surface area (Å²) in [7, 11) is 0. The molecule has 1 heterocycles. The second kappa shape index (κ2) is 5.71. The summed E-state index contributed by atoms with van der Waals surface area (Å²) in [6.45, 7) is 5.70. The quantitative estimate of drug-likeness (QED) is 0.815. The highest BCUT2D eigenvalue weighted by Crippen LogP contribution is 2.39. The van der Waals surface area contributed by atoms with Gasteiger partial charge in [0.25, 0.3) is 0 Å². The minimum absolute atomic E-state index is 0.107. The van der Waals surface area contributed by atoms with Crippen LogP contribution in [-0.4, -0.2) is 18.2 Å². The zero-order chi connectivity index (χ0) is 12.3. The lowest BCUT2D eigenvalue weighted by atomic mass is 9.67. The van der Waals surface area contributed by atoms with Gasteiger partial charge in [-0.15, -0.1) is 0 Å². The van der Waals surface area contributed by atoms with Crippen LogP contribution in [0.15, 0.2) is 0 Å². The van der Waals surface area contributed by atoms with E-state index >= 15 is 0 Å².